The second kappa shape index (κ2) is 4.49. The van der Waals surface area contributed by atoms with Crippen LogP contribution in [0.3, 0.4) is 0 Å². The van der Waals surface area contributed by atoms with E-state index in [1.807, 2.05) is 6.92 Å². The van der Waals surface area contributed by atoms with Crippen LogP contribution in [0.1, 0.15) is 13.8 Å². The number of aliphatic hydroxyl groups excluding tert-OH is 1. The molecule has 0 spiro atoms. The monoisotopic (exact) mass is 253 g/mol. The zero-order valence-electron chi connectivity index (χ0n) is 10.8. The van der Waals surface area contributed by atoms with Crippen LogP contribution in [-0.2, 0) is 4.79 Å². The van der Waals surface area contributed by atoms with E-state index in [0.29, 0.717) is 24.8 Å². The number of imide groups is 1. The lowest BCUT2D eigenvalue weighted by molar-refractivity contribution is -0.507. The van der Waals surface area contributed by atoms with Gasteiger partial charge in [0.1, 0.15) is 6.61 Å². The maximum Gasteiger partial charge on any atom is 0.334 e. The molecule has 0 aromatic carbocycles. The van der Waals surface area contributed by atoms with Gasteiger partial charge in [0, 0.05) is 13.1 Å². The van der Waals surface area contributed by atoms with Gasteiger partial charge in [-0.25, -0.2) is 9.37 Å². The lowest BCUT2D eigenvalue weighted by Gasteiger charge is -2.33. The second-order valence-electron chi connectivity index (χ2n) is 4.17. The van der Waals surface area contributed by atoms with Crippen molar-refractivity contribution in [3.63, 3.8) is 0 Å². The minimum Gasteiger partial charge on any atom is -0.384 e. The Morgan fingerprint density at radius 1 is 1.28 bits per heavy atom. The van der Waals surface area contributed by atoms with E-state index < -0.39 is 6.04 Å². The molecule has 3 amide bonds. The van der Waals surface area contributed by atoms with Crippen molar-refractivity contribution in [2.75, 3.05) is 26.7 Å². The van der Waals surface area contributed by atoms with Crippen LogP contribution in [-0.4, -0.2) is 75.9 Å². The maximum absolute atomic E-state index is 12.2. The van der Waals surface area contributed by atoms with Crippen molar-refractivity contribution in [2.24, 2.45) is 4.99 Å². The average molecular weight is 253 g/mol. The first-order valence-corrected chi connectivity index (χ1v) is 5.97. The van der Waals surface area contributed by atoms with Gasteiger partial charge >= 0.3 is 11.9 Å². The Balaban J connectivity index is 2.48. The van der Waals surface area contributed by atoms with Crippen molar-refractivity contribution in [1.82, 2.24) is 9.80 Å². The SMILES string of the molecule is CCN1C(=O)C2C(=NC(CO)=[N+]2C)N(CC)C1=O. The predicted molar refractivity (Wildman–Crippen MR) is 64.7 cm³/mol. The van der Waals surface area contributed by atoms with E-state index in [9.17, 15) is 14.7 Å². The number of amidine groups is 2. The van der Waals surface area contributed by atoms with Gasteiger partial charge in [0.15, 0.2) is 0 Å². The molecule has 1 fully saturated rings. The summed E-state index contributed by atoms with van der Waals surface area (Å²) in [5.41, 5.74) is 0. The van der Waals surface area contributed by atoms with E-state index in [1.165, 1.54) is 9.80 Å². The molecular formula is C11H17N4O3+. The Morgan fingerprint density at radius 3 is 2.39 bits per heavy atom. The Morgan fingerprint density at radius 2 is 1.89 bits per heavy atom. The van der Waals surface area contributed by atoms with Crippen molar-refractivity contribution in [3.05, 3.63) is 0 Å². The number of hydrogen-bond donors (Lipinski definition) is 1. The summed E-state index contributed by atoms with van der Waals surface area (Å²) in [6, 6.07) is -0.933. The standard InChI is InChI=1S/C11H17N4O3/c1-4-14-9-8(13(3)7(6-16)12-9)10(17)15(5-2)11(14)18/h8,16H,4-6H2,1-3H3/q+1. The fraction of sp³-hybridized carbons (Fsp3) is 0.636. The highest BCUT2D eigenvalue weighted by atomic mass is 16.3. The van der Waals surface area contributed by atoms with Crippen molar-refractivity contribution >= 4 is 23.6 Å². The number of aliphatic hydroxyl groups is 1. The molecule has 1 atom stereocenters. The number of carbonyl (C=O) groups is 2. The van der Waals surface area contributed by atoms with Crippen LogP contribution in [0.5, 0.6) is 0 Å². The van der Waals surface area contributed by atoms with E-state index in [0.717, 1.165) is 0 Å². The molecule has 7 nitrogen and oxygen atoms in total. The lowest BCUT2D eigenvalue weighted by atomic mass is 10.1. The molecule has 0 bridgehead atoms. The molecule has 1 N–H and O–H groups in total. The third kappa shape index (κ3) is 1.54. The van der Waals surface area contributed by atoms with Crippen LogP contribution >= 0.6 is 0 Å². The summed E-state index contributed by atoms with van der Waals surface area (Å²) < 4.78 is 1.62. The van der Waals surface area contributed by atoms with Crippen LogP contribution < -0.4 is 0 Å². The zero-order valence-corrected chi connectivity index (χ0v) is 10.8. The quantitative estimate of drug-likeness (QED) is 0.662. The third-order valence-electron chi connectivity index (χ3n) is 3.29. The van der Waals surface area contributed by atoms with Crippen LogP contribution in [0.15, 0.2) is 4.99 Å². The summed E-state index contributed by atoms with van der Waals surface area (Å²) in [5.74, 6) is 0.549. The molecule has 2 aliphatic heterocycles. The third-order valence-corrected chi connectivity index (χ3v) is 3.29. The Labute approximate surface area is 105 Å². The van der Waals surface area contributed by atoms with Crippen LogP contribution in [0.25, 0.3) is 0 Å². The summed E-state index contributed by atoms with van der Waals surface area (Å²) in [6.45, 7) is 4.13. The predicted octanol–water partition coefficient (Wildman–Crippen LogP) is -0.896. The van der Waals surface area contributed by atoms with Gasteiger partial charge in [-0.15, -0.1) is 0 Å². The molecule has 0 aliphatic carbocycles. The minimum atomic E-state index is -0.593. The first-order valence-electron chi connectivity index (χ1n) is 5.97. The molecule has 2 rings (SSSR count). The van der Waals surface area contributed by atoms with Gasteiger partial charge in [-0.2, -0.15) is 0 Å². The highest BCUT2D eigenvalue weighted by molar-refractivity contribution is 6.23. The maximum atomic E-state index is 12.2. The second-order valence-corrected chi connectivity index (χ2v) is 4.17. The number of likely N-dealkylation sites (N-methyl/N-ethyl adjacent to an activating group) is 3. The molecule has 1 saturated heterocycles. The fourth-order valence-corrected chi connectivity index (χ4v) is 2.30. The molecule has 0 aromatic rings. The number of hydrogen-bond acceptors (Lipinski definition) is 4. The highest BCUT2D eigenvalue weighted by Gasteiger charge is 2.53. The summed E-state index contributed by atoms with van der Waals surface area (Å²) >= 11 is 0. The number of amides is 3. The number of nitrogens with zero attached hydrogens (tertiary/aromatic N) is 4. The Bertz CT molecular complexity index is 469. The van der Waals surface area contributed by atoms with Gasteiger partial charge in [-0.3, -0.25) is 14.6 Å². The summed E-state index contributed by atoms with van der Waals surface area (Å²) in [5, 5.41) is 9.20. The summed E-state index contributed by atoms with van der Waals surface area (Å²) in [7, 11) is 1.70. The van der Waals surface area contributed by atoms with Gasteiger partial charge in [-0.05, 0) is 18.8 Å². The van der Waals surface area contributed by atoms with Gasteiger partial charge in [0.2, 0.25) is 0 Å². The molecule has 2 aliphatic rings. The molecule has 0 aromatic heterocycles. The summed E-state index contributed by atoms with van der Waals surface area (Å²) in [4.78, 5) is 31.2. The number of urea groups is 1. The molecule has 2 heterocycles. The van der Waals surface area contributed by atoms with E-state index in [4.69, 9.17) is 0 Å². The lowest BCUT2D eigenvalue weighted by Crippen LogP contribution is -2.63. The molecule has 18 heavy (non-hydrogen) atoms. The minimum absolute atomic E-state index is 0.248. The highest BCUT2D eigenvalue weighted by Crippen LogP contribution is 2.19. The first-order chi connectivity index (χ1) is 8.56. The van der Waals surface area contributed by atoms with Crippen molar-refractivity contribution in [3.8, 4) is 0 Å². The van der Waals surface area contributed by atoms with Crippen molar-refractivity contribution in [1.29, 1.82) is 0 Å². The van der Waals surface area contributed by atoms with E-state index in [2.05, 4.69) is 4.99 Å². The Hall–Kier alpha value is -1.76. The molecule has 1 unspecified atom stereocenters. The van der Waals surface area contributed by atoms with E-state index >= 15 is 0 Å². The first kappa shape index (κ1) is 12.7. The van der Waals surface area contributed by atoms with Crippen molar-refractivity contribution in [2.45, 2.75) is 19.9 Å². The van der Waals surface area contributed by atoms with Crippen molar-refractivity contribution < 1.29 is 19.3 Å². The molecular weight excluding hydrogens is 236 g/mol. The van der Waals surface area contributed by atoms with Crippen LogP contribution in [0.4, 0.5) is 4.79 Å². The summed E-state index contributed by atoms with van der Waals surface area (Å²) in [6.07, 6.45) is 0. The van der Waals surface area contributed by atoms with Crippen LogP contribution in [0, 0.1) is 0 Å². The Kier molecular flexibility index (Phi) is 3.16. The van der Waals surface area contributed by atoms with Gasteiger partial charge in [-0.1, -0.05) is 0 Å². The molecule has 7 heteroatoms. The van der Waals surface area contributed by atoms with E-state index in [1.54, 1.807) is 18.5 Å². The normalized spacial score (nSPS) is 23.8. The molecule has 98 valence electrons. The number of rotatable bonds is 3. The number of carbonyl (C=O) groups excluding carboxylic acids is 2. The number of fused-ring (bicyclic) bond motifs is 1. The number of aliphatic imine (C=N–C) groups is 1. The van der Waals surface area contributed by atoms with Gasteiger partial charge in [0.05, 0.1) is 7.05 Å². The fourth-order valence-electron chi connectivity index (χ4n) is 2.30. The smallest absolute Gasteiger partial charge is 0.334 e. The topological polar surface area (TPSA) is 76.2 Å². The van der Waals surface area contributed by atoms with Gasteiger partial charge in [0.25, 0.3) is 17.8 Å². The van der Waals surface area contributed by atoms with Gasteiger partial charge < -0.3 is 5.11 Å². The molecule has 0 radical (unpaired) electrons. The average Bonchev–Trinajstić information content (AvgIpc) is 2.68. The zero-order chi connectivity index (χ0) is 13.4. The molecule has 0 saturated carbocycles. The van der Waals surface area contributed by atoms with E-state index in [-0.39, 0.29) is 18.5 Å². The largest absolute Gasteiger partial charge is 0.384 e. The van der Waals surface area contributed by atoms with Crippen LogP contribution in [0.2, 0.25) is 0 Å².